The molecule has 0 spiro atoms. The van der Waals surface area contributed by atoms with Gasteiger partial charge in [-0.25, -0.2) is 9.31 Å². The third kappa shape index (κ3) is 6.52. The normalized spacial score (nSPS) is 10.7. The van der Waals surface area contributed by atoms with Crippen LogP contribution >= 0.6 is 0 Å². The maximum atomic E-state index is 10.6. The first-order valence-corrected chi connectivity index (χ1v) is 10.3. The van der Waals surface area contributed by atoms with E-state index in [4.69, 9.17) is 20.4 Å². The van der Waals surface area contributed by atoms with E-state index in [9.17, 15) is 18.4 Å². The number of halogens is 3. The van der Waals surface area contributed by atoms with E-state index in [0.29, 0.717) is 25.3 Å². The third-order valence-electron chi connectivity index (χ3n) is 4.56. The van der Waals surface area contributed by atoms with Gasteiger partial charge >= 0.3 is 12.1 Å². The van der Waals surface area contributed by atoms with E-state index in [2.05, 4.69) is 21.8 Å². The lowest BCUT2D eigenvalue weighted by Gasteiger charge is -2.18. The van der Waals surface area contributed by atoms with Gasteiger partial charge in [-0.1, -0.05) is 0 Å². The summed E-state index contributed by atoms with van der Waals surface area (Å²) < 4.78 is 39.0. The average Bonchev–Trinajstić information content (AvgIpc) is 3.27. The zero-order valence-electron chi connectivity index (χ0n) is 18.6. The van der Waals surface area contributed by atoms with Crippen molar-refractivity contribution in [2.45, 2.75) is 26.4 Å². The van der Waals surface area contributed by atoms with Crippen LogP contribution in [0.2, 0.25) is 0 Å². The summed E-state index contributed by atoms with van der Waals surface area (Å²) in [6, 6.07) is 11.9. The van der Waals surface area contributed by atoms with Crippen LogP contribution in [0.5, 0.6) is 5.75 Å². The molecule has 0 atom stereocenters. The smallest absolute Gasteiger partial charge is 0.490 e. The number of aliphatic carboxylic acids is 1. The van der Waals surface area contributed by atoms with Crippen LogP contribution in [0.15, 0.2) is 36.5 Å². The van der Waals surface area contributed by atoms with Crippen molar-refractivity contribution < 1.29 is 27.8 Å². The number of pyridine rings is 1. The molecular weight excluding hydrogens is 453 g/mol. The van der Waals surface area contributed by atoms with Gasteiger partial charge in [-0.05, 0) is 57.1 Å². The molecule has 9 nitrogen and oxygen atoms in total. The fraction of sp³-hybridized carbons (Fsp3) is 0.318. The van der Waals surface area contributed by atoms with Gasteiger partial charge < -0.3 is 26.2 Å². The van der Waals surface area contributed by atoms with Crippen LogP contribution in [0.25, 0.3) is 5.52 Å². The molecule has 0 saturated carbocycles. The van der Waals surface area contributed by atoms with Gasteiger partial charge in [0.05, 0.1) is 24.0 Å². The van der Waals surface area contributed by atoms with Crippen LogP contribution in [0.1, 0.15) is 24.5 Å². The topological polar surface area (TPSA) is 138 Å². The summed E-state index contributed by atoms with van der Waals surface area (Å²) in [7, 11) is 0. The second-order valence-electron chi connectivity index (χ2n) is 6.92. The number of ether oxygens (including phenoxy) is 1. The van der Waals surface area contributed by atoms with E-state index in [1.807, 2.05) is 44.2 Å². The number of nitriles is 1. The zero-order chi connectivity index (χ0) is 25.3. The highest BCUT2D eigenvalue weighted by atomic mass is 19.4. The van der Waals surface area contributed by atoms with Crippen molar-refractivity contribution in [2.24, 2.45) is 5.73 Å². The van der Waals surface area contributed by atoms with Crippen molar-refractivity contribution in [1.82, 2.24) is 9.61 Å². The standard InChI is InChI=1S/C20H24N6O.C2HF3O2/c1-3-27-16-7-5-15(6-8-16)25-20-14(2)19(23-11-4-10-21)17(13-22)18-9-12-24-26(18)20;3-2(4,5)1(6)7/h5-9,12,23,25H,3-4,10-11,21H2,1-2H3;(H,6,7). The summed E-state index contributed by atoms with van der Waals surface area (Å²) in [5, 5.41) is 28.0. The number of fused-ring (bicyclic) bond motifs is 1. The molecule has 34 heavy (non-hydrogen) atoms. The summed E-state index contributed by atoms with van der Waals surface area (Å²) in [5.41, 5.74) is 9.59. The van der Waals surface area contributed by atoms with E-state index in [0.717, 1.165) is 40.4 Å². The van der Waals surface area contributed by atoms with Gasteiger partial charge in [0.1, 0.15) is 23.2 Å². The highest BCUT2D eigenvalue weighted by molar-refractivity contribution is 5.82. The molecule has 0 saturated heterocycles. The molecule has 0 aliphatic rings. The maximum absolute atomic E-state index is 10.6. The number of nitrogens with zero attached hydrogens (tertiary/aromatic N) is 3. The molecule has 0 radical (unpaired) electrons. The van der Waals surface area contributed by atoms with Crippen LogP contribution in [-0.4, -0.2) is 46.6 Å². The molecule has 3 aromatic rings. The molecule has 0 bridgehead atoms. The summed E-state index contributed by atoms with van der Waals surface area (Å²) in [6.45, 7) is 5.87. The highest BCUT2D eigenvalue weighted by Gasteiger charge is 2.38. The minimum Gasteiger partial charge on any atom is -0.494 e. The number of carboxylic acid groups (broad SMARTS) is 1. The molecule has 0 unspecified atom stereocenters. The molecule has 3 rings (SSSR count). The molecule has 0 amide bonds. The molecule has 1 aromatic carbocycles. The predicted octanol–water partition coefficient (Wildman–Crippen LogP) is 4.05. The Morgan fingerprint density at radius 1 is 1.29 bits per heavy atom. The Morgan fingerprint density at radius 2 is 1.94 bits per heavy atom. The molecule has 0 aliphatic heterocycles. The van der Waals surface area contributed by atoms with Crippen molar-refractivity contribution in [1.29, 1.82) is 5.26 Å². The van der Waals surface area contributed by atoms with Crippen LogP contribution in [0, 0.1) is 18.3 Å². The number of nitrogens with two attached hydrogens (primary N) is 1. The lowest BCUT2D eigenvalue weighted by Crippen LogP contribution is -2.21. The number of rotatable bonds is 8. The van der Waals surface area contributed by atoms with Gasteiger partial charge in [-0.3, -0.25) is 0 Å². The van der Waals surface area contributed by atoms with Crippen molar-refractivity contribution >= 4 is 28.7 Å². The van der Waals surface area contributed by atoms with E-state index >= 15 is 0 Å². The number of carboxylic acids is 1. The number of hydrogen-bond donors (Lipinski definition) is 4. The summed E-state index contributed by atoms with van der Waals surface area (Å²) in [6.07, 6.45) is -2.56. The average molecular weight is 478 g/mol. The van der Waals surface area contributed by atoms with E-state index < -0.39 is 12.1 Å². The van der Waals surface area contributed by atoms with E-state index in [-0.39, 0.29) is 0 Å². The summed E-state index contributed by atoms with van der Waals surface area (Å²) in [4.78, 5) is 8.90. The highest BCUT2D eigenvalue weighted by Crippen LogP contribution is 2.33. The lowest BCUT2D eigenvalue weighted by atomic mass is 10.1. The predicted molar refractivity (Wildman–Crippen MR) is 121 cm³/mol. The maximum Gasteiger partial charge on any atom is 0.490 e. The van der Waals surface area contributed by atoms with Gasteiger partial charge in [-0.2, -0.15) is 23.5 Å². The summed E-state index contributed by atoms with van der Waals surface area (Å²) >= 11 is 0. The Balaban J connectivity index is 0.000000509. The number of anilines is 3. The number of aromatic nitrogens is 2. The molecule has 2 aromatic heterocycles. The molecule has 0 fully saturated rings. The van der Waals surface area contributed by atoms with Crippen LogP contribution in [0.4, 0.5) is 30.4 Å². The van der Waals surface area contributed by atoms with Gasteiger partial charge in [0.2, 0.25) is 0 Å². The Morgan fingerprint density at radius 3 is 2.47 bits per heavy atom. The second kappa shape index (κ2) is 11.8. The summed E-state index contributed by atoms with van der Waals surface area (Å²) in [5.74, 6) is -1.12. The first-order chi connectivity index (χ1) is 16.1. The molecule has 182 valence electrons. The Bertz CT molecular complexity index is 1150. The largest absolute Gasteiger partial charge is 0.494 e. The van der Waals surface area contributed by atoms with Crippen LogP contribution < -0.4 is 21.1 Å². The zero-order valence-corrected chi connectivity index (χ0v) is 18.6. The van der Waals surface area contributed by atoms with E-state index in [1.165, 1.54) is 0 Å². The van der Waals surface area contributed by atoms with Gasteiger partial charge in [-0.15, -0.1) is 0 Å². The van der Waals surface area contributed by atoms with Crippen molar-refractivity contribution in [3.05, 3.63) is 47.7 Å². The lowest BCUT2D eigenvalue weighted by molar-refractivity contribution is -0.192. The van der Waals surface area contributed by atoms with Gasteiger partial charge in [0.25, 0.3) is 0 Å². The van der Waals surface area contributed by atoms with Crippen molar-refractivity contribution in [3.63, 3.8) is 0 Å². The monoisotopic (exact) mass is 478 g/mol. The third-order valence-corrected chi connectivity index (χ3v) is 4.56. The van der Waals surface area contributed by atoms with Crippen molar-refractivity contribution in [3.8, 4) is 11.8 Å². The molecular formula is C22H25F3N6O3. The Kier molecular flexibility index (Phi) is 9.09. The number of nitrogens with one attached hydrogen (secondary N) is 2. The molecule has 5 N–H and O–H groups in total. The minimum absolute atomic E-state index is 0.583. The van der Waals surface area contributed by atoms with Gasteiger partial charge in [0.15, 0.2) is 0 Å². The Labute approximate surface area is 193 Å². The van der Waals surface area contributed by atoms with Gasteiger partial charge in [0, 0.05) is 17.8 Å². The minimum atomic E-state index is -5.08. The van der Waals surface area contributed by atoms with Crippen molar-refractivity contribution in [2.75, 3.05) is 30.3 Å². The first kappa shape index (κ1) is 26.3. The quantitative estimate of drug-likeness (QED) is 0.356. The molecule has 0 aliphatic carbocycles. The van der Waals surface area contributed by atoms with Crippen LogP contribution in [-0.2, 0) is 4.79 Å². The molecule has 2 heterocycles. The second-order valence-corrected chi connectivity index (χ2v) is 6.92. The number of benzene rings is 1. The number of carbonyl (C=O) groups is 1. The number of hydrogen-bond acceptors (Lipinski definition) is 7. The van der Waals surface area contributed by atoms with Crippen LogP contribution in [0.3, 0.4) is 0 Å². The SMILES string of the molecule is CCOc1ccc(Nc2c(C)c(NCCCN)c(C#N)c3ccnn23)cc1.O=C(O)C(F)(F)F. The first-order valence-electron chi connectivity index (χ1n) is 10.3. The fourth-order valence-corrected chi connectivity index (χ4v) is 3.00. The fourth-order valence-electron chi connectivity index (χ4n) is 3.00. The van der Waals surface area contributed by atoms with E-state index in [1.54, 1.807) is 10.7 Å². The molecule has 12 heteroatoms. The Hall–Kier alpha value is -3.98. The number of alkyl halides is 3.